The highest BCUT2D eigenvalue weighted by Gasteiger charge is 2.25. The first kappa shape index (κ1) is 12.1. The minimum atomic E-state index is 0.147. The highest BCUT2D eigenvalue weighted by atomic mass is 16.1. The molecule has 1 aromatic carbocycles. The van der Waals surface area contributed by atoms with Crippen molar-refractivity contribution in [2.45, 2.75) is 19.4 Å². The maximum atomic E-state index is 11.6. The number of benzene rings is 1. The molecule has 0 radical (unpaired) electrons. The summed E-state index contributed by atoms with van der Waals surface area (Å²) >= 11 is 0. The quantitative estimate of drug-likeness (QED) is 0.745. The molecule has 0 aromatic heterocycles. The number of nitrogens with zero attached hydrogens (tertiary/aromatic N) is 2. The fourth-order valence-corrected chi connectivity index (χ4v) is 2.43. The van der Waals surface area contributed by atoms with Crippen molar-refractivity contribution in [1.29, 1.82) is 0 Å². The lowest BCUT2D eigenvalue weighted by Gasteiger charge is -2.23. The monoisotopic (exact) mass is 232 g/mol. The molecule has 1 atom stereocenters. The van der Waals surface area contributed by atoms with E-state index in [9.17, 15) is 4.79 Å². The molecule has 1 aliphatic rings. The van der Waals surface area contributed by atoms with Crippen molar-refractivity contribution in [2.24, 2.45) is 0 Å². The summed E-state index contributed by atoms with van der Waals surface area (Å²) in [6.45, 7) is 3.68. The molecule has 0 bridgehead atoms. The number of rotatable bonds is 3. The van der Waals surface area contributed by atoms with Crippen molar-refractivity contribution in [3.05, 3.63) is 29.8 Å². The third kappa shape index (κ3) is 2.50. The molecule has 0 spiro atoms. The van der Waals surface area contributed by atoms with Crippen molar-refractivity contribution >= 4 is 11.5 Å². The lowest BCUT2D eigenvalue weighted by atomic mass is 10.1. The van der Waals surface area contributed by atoms with Crippen molar-refractivity contribution < 1.29 is 4.79 Å². The summed E-state index contributed by atoms with van der Waals surface area (Å²) < 4.78 is 0. The number of carbonyl (C=O) groups excluding carboxylic acids is 1. The van der Waals surface area contributed by atoms with Gasteiger partial charge in [-0.3, -0.25) is 4.79 Å². The van der Waals surface area contributed by atoms with Crippen molar-refractivity contribution in [3.63, 3.8) is 0 Å². The Morgan fingerprint density at radius 3 is 2.65 bits per heavy atom. The van der Waals surface area contributed by atoms with E-state index in [1.54, 1.807) is 6.92 Å². The van der Waals surface area contributed by atoms with Crippen LogP contribution in [0.1, 0.15) is 23.7 Å². The van der Waals surface area contributed by atoms with Crippen LogP contribution in [0.25, 0.3) is 0 Å². The molecule has 17 heavy (non-hydrogen) atoms. The van der Waals surface area contributed by atoms with E-state index in [-0.39, 0.29) is 5.78 Å². The molecule has 1 aliphatic heterocycles. The average molecular weight is 232 g/mol. The van der Waals surface area contributed by atoms with Gasteiger partial charge in [-0.15, -0.1) is 0 Å². The van der Waals surface area contributed by atoms with E-state index in [0.29, 0.717) is 6.04 Å². The van der Waals surface area contributed by atoms with Crippen LogP contribution in [0.2, 0.25) is 0 Å². The van der Waals surface area contributed by atoms with Gasteiger partial charge in [-0.1, -0.05) is 12.1 Å². The Kier molecular flexibility index (Phi) is 3.48. The molecule has 1 heterocycles. The first-order valence-electron chi connectivity index (χ1n) is 6.11. The van der Waals surface area contributed by atoms with Gasteiger partial charge in [0.1, 0.15) is 0 Å². The van der Waals surface area contributed by atoms with Crippen molar-refractivity contribution in [2.75, 3.05) is 32.1 Å². The Labute approximate surface area is 103 Å². The Hall–Kier alpha value is -1.35. The maximum absolute atomic E-state index is 11.6. The second-order valence-corrected chi connectivity index (χ2v) is 4.93. The molecule has 92 valence electrons. The largest absolute Gasteiger partial charge is 0.369 e. The number of likely N-dealkylation sites (N-methyl/N-ethyl adjacent to an activating group) is 1. The molecule has 3 heteroatoms. The third-order valence-corrected chi connectivity index (χ3v) is 3.52. The first-order valence-corrected chi connectivity index (χ1v) is 6.11. The van der Waals surface area contributed by atoms with Crippen LogP contribution in [0.4, 0.5) is 5.69 Å². The molecule has 1 unspecified atom stereocenters. The van der Waals surface area contributed by atoms with E-state index in [4.69, 9.17) is 0 Å². The smallest absolute Gasteiger partial charge is 0.161 e. The fraction of sp³-hybridized carbons (Fsp3) is 0.500. The first-order chi connectivity index (χ1) is 8.09. The second-order valence-electron chi connectivity index (χ2n) is 4.93. The number of hydrogen-bond acceptors (Lipinski definition) is 3. The number of anilines is 1. The summed E-state index contributed by atoms with van der Waals surface area (Å²) in [5, 5.41) is 0. The number of carbonyl (C=O) groups is 1. The molecule has 3 nitrogen and oxygen atoms in total. The molecular formula is C14H20N2O. The predicted octanol–water partition coefficient (Wildman–Crippen LogP) is 2.03. The predicted molar refractivity (Wildman–Crippen MR) is 70.8 cm³/mol. The summed E-state index contributed by atoms with van der Waals surface area (Å²) in [4.78, 5) is 16.2. The zero-order chi connectivity index (χ0) is 12.4. The number of ketones is 1. The molecule has 0 N–H and O–H groups in total. The van der Waals surface area contributed by atoms with Crippen LogP contribution in [-0.2, 0) is 0 Å². The van der Waals surface area contributed by atoms with Gasteiger partial charge in [0, 0.05) is 30.4 Å². The average Bonchev–Trinajstić information content (AvgIpc) is 2.78. The van der Waals surface area contributed by atoms with E-state index in [0.717, 1.165) is 24.3 Å². The highest BCUT2D eigenvalue weighted by Crippen LogP contribution is 2.26. The molecule has 0 aliphatic carbocycles. The maximum Gasteiger partial charge on any atom is 0.161 e. The molecular weight excluding hydrogens is 212 g/mol. The Morgan fingerprint density at radius 1 is 1.35 bits per heavy atom. The summed E-state index contributed by atoms with van der Waals surface area (Å²) in [6.07, 6.45) is 1.17. The molecule has 0 saturated carbocycles. The van der Waals surface area contributed by atoms with Gasteiger partial charge in [0.15, 0.2) is 5.78 Å². The van der Waals surface area contributed by atoms with Gasteiger partial charge in [0.2, 0.25) is 0 Å². The van der Waals surface area contributed by atoms with E-state index in [2.05, 4.69) is 30.0 Å². The van der Waals surface area contributed by atoms with Crippen LogP contribution in [0, 0.1) is 0 Å². The topological polar surface area (TPSA) is 23.6 Å². The van der Waals surface area contributed by atoms with Gasteiger partial charge < -0.3 is 9.80 Å². The normalized spacial score (nSPS) is 20.0. The summed E-state index contributed by atoms with van der Waals surface area (Å²) in [6, 6.07) is 8.50. The summed E-state index contributed by atoms with van der Waals surface area (Å²) in [5.41, 5.74) is 1.93. The van der Waals surface area contributed by atoms with Crippen LogP contribution in [0.5, 0.6) is 0 Å². The van der Waals surface area contributed by atoms with Gasteiger partial charge in [-0.2, -0.15) is 0 Å². The highest BCUT2D eigenvalue weighted by molar-refractivity contribution is 5.99. The van der Waals surface area contributed by atoms with Crippen LogP contribution < -0.4 is 4.90 Å². The number of Topliss-reactive ketones (excluding diaryl/α,β-unsaturated/α-hetero) is 1. The third-order valence-electron chi connectivity index (χ3n) is 3.52. The van der Waals surface area contributed by atoms with Crippen LogP contribution in [0.15, 0.2) is 24.3 Å². The molecule has 0 amide bonds. The Morgan fingerprint density at radius 2 is 2.06 bits per heavy atom. The lowest BCUT2D eigenvalue weighted by molar-refractivity contribution is 0.101. The van der Waals surface area contributed by atoms with Gasteiger partial charge in [-0.25, -0.2) is 0 Å². The standard InChI is InChI=1S/C14H20N2O/c1-11(17)13-6-4-5-7-14(13)16-9-8-12(10-16)15(2)3/h4-7,12H,8-10H2,1-3H3. The van der Waals surface area contributed by atoms with Crippen molar-refractivity contribution in [1.82, 2.24) is 4.90 Å². The van der Waals surface area contributed by atoms with Gasteiger partial charge in [0.05, 0.1) is 0 Å². The van der Waals surface area contributed by atoms with Gasteiger partial charge >= 0.3 is 0 Å². The zero-order valence-corrected chi connectivity index (χ0v) is 10.8. The van der Waals surface area contributed by atoms with E-state index >= 15 is 0 Å². The minimum absolute atomic E-state index is 0.147. The summed E-state index contributed by atoms with van der Waals surface area (Å²) in [7, 11) is 4.23. The molecule has 1 saturated heterocycles. The Bertz CT molecular complexity index is 414. The lowest BCUT2D eigenvalue weighted by Crippen LogP contribution is -2.31. The van der Waals surface area contributed by atoms with Crippen LogP contribution in [0.3, 0.4) is 0 Å². The van der Waals surface area contributed by atoms with E-state index in [1.807, 2.05) is 18.2 Å². The van der Waals surface area contributed by atoms with Gasteiger partial charge in [-0.05, 0) is 39.6 Å². The fourth-order valence-electron chi connectivity index (χ4n) is 2.43. The van der Waals surface area contributed by atoms with Gasteiger partial charge in [0.25, 0.3) is 0 Å². The minimum Gasteiger partial charge on any atom is -0.369 e. The summed E-state index contributed by atoms with van der Waals surface area (Å²) in [5.74, 6) is 0.147. The van der Waals surface area contributed by atoms with E-state index < -0.39 is 0 Å². The number of hydrogen-bond donors (Lipinski definition) is 0. The molecule has 1 fully saturated rings. The Balaban J connectivity index is 2.21. The van der Waals surface area contributed by atoms with Crippen LogP contribution in [-0.4, -0.2) is 43.9 Å². The zero-order valence-electron chi connectivity index (χ0n) is 10.8. The van der Waals surface area contributed by atoms with E-state index in [1.165, 1.54) is 6.42 Å². The van der Waals surface area contributed by atoms with Crippen molar-refractivity contribution in [3.8, 4) is 0 Å². The molecule has 2 rings (SSSR count). The SMILES string of the molecule is CC(=O)c1ccccc1N1CCC(N(C)C)C1. The number of para-hydroxylation sites is 1. The van der Waals surface area contributed by atoms with Crippen LogP contribution >= 0.6 is 0 Å². The second kappa shape index (κ2) is 4.88. The molecule has 1 aromatic rings.